The summed E-state index contributed by atoms with van der Waals surface area (Å²) >= 11 is 12.0. The van der Waals surface area contributed by atoms with Crippen molar-refractivity contribution < 1.29 is 4.21 Å². The normalized spacial score (nSPS) is 13.6. The van der Waals surface area contributed by atoms with Gasteiger partial charge in [0.05, 0.1) is 25.7 Å². The highest BCUT2D eigenvalue weighted by Crippen LogP contribution is 2.29. The molecule has 0 saturated heterocycles. The molecule has 2 N–H and O–H groups in total. The summed E-state index contributed by atoms with van der Waals surface area (Å²) in [7, 11) is -1.15. The highest BCUT2D eigenvalue weighted by molar-refractivity contribution is 7.85. The molecule has 1 unspecified atom stereocenters. The molecule has 1 atom stereocenters. The van der Waals surface area contributed by atoms with Gasteiger partial charge in [0.1, 0.15) is 0 Å². The van der Waals surface area contributed by atoms with E-state index >= 15 is 0 Å². The van der Waals surface area contributed by atoms with Gasteiger partial charge in [-0.05, 0) is 36.9 Å². The lowest BCUT2D eigenvalue weighted by Gasteiger charge is -2.21. The summed E-state index contributed by atoms with van der Waals surface area (Å²) in [4.78, 5) is 0.548. The highest BCUT2D eigenvalue weighted by Gasteiger charge is 2.17. The third-order valence-corrected chi connectivity index (χ3v) is 5.29. The van der Waals surface area contributed by atoms with Crippen molar-refractivity contribution in [1.82, 2.24) is 0 Å². The molecule has 1 rings (SSSR count). The molecule has 2 nitrogen and oxygen atoms in total. The third-order valence-electron chi connectivity index (χ3n) is 2.88. The van der Waals surface area contributed by atoms with Crippen LogP contribution in [-0.2, 0) is 10.8 Å². The average Bonchev–Trinajstić information content (AvgIpc) is 2.28. The van der Waals surface area contributed by atoms with Crippen molar-refractivity contribution in [1.29, 1.82) is 0 Å². The smallest absolute Gasteiger partial charge is 0.0760 e. The Hall–Kier alpha value is -0.0900. The molecule has 1 aromatic carbocycles. The van der Waals surface area contributed by atoms with E-state index in [0.29, 0.717) is 27.2 Å². The van der Waals surface area contributed by atoms with E-state index in [4.69, 9.17) is 28.9 Å². The van der Waals surface area contributed by atoms with E-state index in [1.165, 1.54) is 0 Å². The summed E-state index contributed by atoms with van der Waals surface area (Å²) in [6.45, 7) is 4.85. The van der Waals surface area contributed by atoms with Crippen LogP contribution >= 0.6 is 23.2 Å². The molecule has 1 aromatic rings. The van der Waals surface area contributed by atoms with Crippen LogP contribution in [-0.4, -0.2) is 16.5 Å². The first-order valence-corrected chi connectivity index (χ1v) is 7.97. The summed E-state index contributed by atoms with van der Waals surface area (Å²) in [6.07, 6.45) is 1.79. The molecule has 0 aliphatic heterocycles. The molecule has 0 spiro atoms. The molecule has 0 heterocycles. The maximum Gasteiger partial charge on any atom is 0.0760 e. The first-order chi connectivity index (χ1) is 8.37. The molecule has 0 aromatic heterocycles. The molecular formula is C13H19Cl2NOS. The summed E-state index contributed by atoms with van der Waals surface area (Å²) in [5, 5.41) is 0.942. The van der Waals surface area contributed by atoms with Gasteiger partial charge >= 0.3 is 0 Å². The molecule has 0 bridgehead atoms. The minimum atomic E-state index is -1.15. The molecule has 0 aliphatic carbocycles. The number of hydrogen-bond donors (Lipinski definition) is 1. The first kappa shape index (κ1) is 16.0. The predicted molar refractivity (Wildman–Crippen MR) is 79.8 cm³/mol. The second-order valence-corrected chi connectivity index (χ2v) is 7.39. The maximum absolute atomic E-state index is 12.2. The number of hydrogen-bond acceptors (Lipinski definition) is 2. The molecule has 102 valence electrons. The van der Waals surface area contributed by atoms with Crippen LogP contribution in [0.1, 0.15) is 26.7 Å². The number of nitrogens with two attached hydrogens (primary N) is 1. The number of benzene rings is 1. The van der Waals surface area contributed by atoms with Gasteiger partial charge in [0.25, 0.3) is 0 Å². The summed E-state index contributed by atoms with van der Waals surface area (Å²) in [5.41, 5.74) is 5.76. The van der Waals surface area contributed by atoms with E-state index in [-0.39, 0.29) is 5.41 Å². The maximum atomic E-state index is 12.2. The Bertz CT molecular complexity index is 415. The minimum Gasteiger partial charge on any atom is -0.330 e. The zero-order valence-electron chi connectivity index (χ0n) is 10.7. The third kappa shape index (κ3) is 4.54. The van der Waals surface area contributed by atoms with Crippen LogP contribution in [0.5, 0.6) is 0 Å². The van der Waals surface area contributed by atoms with Crippen LogP contribution in [0.25, 0.3) is 0 Å². The van der Waals surface area contributed by atoms with Crippen LogP contribution < -0.4 is 5.73 Å². The van der Waals surface area contributed by atoms with Crippen LogP contribution in [0, 0.1) is 5.41 Å². The summed E-state index contributed by atoms with van der Waals surface area (Å²) in [6, 6.07) is 5.18. The summed E-state index contributed by atoms with van der Waals surface area (Å²) < 4.78 is 12.2. The van der Waals surface area contributed by atoms with Gasteiger partial charge in [-0.25, -0.2) is 0 Å². The Morgan fingerprint density at radius 3 is 2.33 bits per heavy atom. The lowest BCUT2D eigenvalue weighted by molar-refractivity contribution is 0.344. The largest absolute Gasteiger partial charge is 0.330 e. The first-order valence-electron chi connectivity index (χ1n) is 5.90. The molecule has 0 aliphatic rings. The Morgan fingerprint density at radius 1 is 1.28 bits per heavy atom. The van der Waals surface area contributed by atoms with Gasteiger partial charge in [0, 0.05) is 5.75 Å². The van der Waals surface area contributed by atoms with Crippen molar-refractivity contribution in [2.45, 2.75) is 31.6 Å². The molecule has 0 fully saturated rings. The van der Waals surface area contributed by atoms with Gasteiger partial charge in [-0.3, -0.25) is 4.21 Å². The van der Waals surface area contributed by atoms with Gasteiger partial charge < -0.3 is 5.73 Å². The Morgan fingerprint density at radius 2 is 1.83 bits per heavy atom. The van der Waals surface area contributed by atoms with Crippen LogP contribution in [0.2, 0.25) is 10.0 Å². The Kier molecular flexibility index (Phi) is 6.12. The molecule has 18 heavy (non-hydrogen) atoms. The number of halogens is 2. The van der Waals surface area contributed by atoms with E-state index in [0.717, 1.165) is 12.8 Å². The Labute approximate surface area is 121 Å². The van der Waals surface area contributed by atoms with Gasteiger partial charge in [0.15, 0.2) is 0 Å². The summed E-state index contributed by atoms with van der Waals surface area (Å²) in [5.74, 6) is 0.562. The average molecular weight is 308 g/mol. The van der Waals surface area contributed by atoms with Crippen molar-refractivity contribution in [3.63, 3.8) is 0 Å². The van der Waals surface area contributed by atoms with Crippen LogP contribution in [0.3, 0.4) is 0 Å². The Balaban J connectivity index is 2.62. The zero-order chi connectivity index (χ0) is 13.8. The van der Waals surface area contributed by atoms with E-state index in [2.05, 4.69) is 13.8 Å². The number of rotatable bonds is 6. The molecular weight excluding hydrogens is 289 g/mol. The van der Waals surface area contributed by atoms with Crippen molar-refractivity contribution in [2.75, 3.05) is 12.3 Å². The topological polar surface area (TPSA) is 43.1 Å². The fourth-order valence-electron chi connectivity index (χ4n) is 1.59. The lowest BCUT2D eigenvalue weighted by atomic mass is 9.88. The van der Waals surface area contributed by atoms with Gasteiger partial charge in [0.2, 0.25) is 0 Å². The van der Waals surface area contributed by atoms with E-state index in [9.17, 15) is 4.21 Å². The standard InChI is InChI=1S/C13H19Cl2NOS/c1-13(2,9-16)7-4-8-18(17)12-10(14)5-3-6-11(12)15/h3,5-6H,4,7-9,16H2,1-2H3. The monoisotopic (exact) mass is 307 g/mol. The van der Waals surface area contributed by atoms with Crippen molar-refractivity contribution in [3.8, 4) is 0 Å². The van der Waals surface area contributed by atoms with Crippen molar-refractivity contribution in [3.05, 3.63) is 28.2 Å². The zero-order valence-corrected chi connectivity index (χ0v) is 13.0. The quantitative estimate of drug-likeness (QED) is 0.867. The molecule has 0 radical (unpaired) electrons. The van der Waals surface area contributed by atoms with Crippen LogP contribution in [0.15, 0.2) is 23.1 Å². The fourth-order valence-corrected chi connectivity index (χ4v) is 3.68. The molecule has 5 heteroatoms. The fraction of sp³-hybridized carbons (Fsp3) is 0.538. The van der Waals surface area contributed by atoms with Gasteiger partial charge in [-0.2, -0.15) is 0 Å². The van der Waals surface area contributed by atoms with Crippen LogP contribution in [0.4, 0.5) is 0 Å². The van der Waals surface area contributed by atoms with Gasteiger partial charge in [-0.1, -0.05) is 43.1 Å². The van der Waals surface area contributed by atoms with E-state index < -0.39 is 10.8 Å². The highest BCUT2D eigenvalue weighted by atomic mass is 35.5. The second kappa shape index (κ2) is 6.90. The van der Waals surface area contributed by atoms with Gasteiger partial charge in [-0.15, -0.1) is 0 Å². The van der Waals surface area contributed by atoms with E-state index in [1.807, 2.05) is 0 Å². The lowest BCUT2D eigenvalue weighted by Crippen LogP contribution is -2.23. The minimum absolute atomic E-state index is 0.0917. The van der Waals surface area contributed by atoms with Crippen molar-refractivity contribution in [2.24, 2.45) is 11.1 Å². The second-order valence-electron chi connectivity index (χ2n) is 5.07. The SMILES string of the molecule is CC(C)(CN)CCCS(=O)c1c(Cl)cccc1Cl. The molecule has 0 amide bonds. The molecule has 0 saturated carbocycles. The van der Waals surface area contributed by atoms with Crippen molar-refractivity contribution >= 4 is 34.0 Å². The van der Waals surface area contributed by atoms with E-state index in [1.54, 1.807) is 18.2 Å². The predicted octanol–water partition coefficient (Wildman–Crippen LogP) is 3.87.